The molecule has 0 aliphatic heterocycles. The first-order valence-electron chi connectivity index (χ1n) is 6.89. The second kappa shape index (κ2) is 6.41. The summed E-state index contributed by atoms with van der Waals surface area (Å²) in [5, 5.41) is 15.2. The van der Waals surface area contributed by atoms with Gasteiger partial charge < -0.3 is 15.7 Å². The minimum absolute atomic E-state index is 0.300. The van der Waals surface area contributed by atoms with Gasteiger partial charge in [-0.25, -0.2) is 4.79 Å². The lowest BCUT2D eigenvalue weighted by Crippen LogP contribution is -2.20. The Hall–Kier alpha value is -2.33. The summed E-state index contributed by atoms with van der Waals surface area (Å²) in [5.74, 6) is 0. The van der Waals surface area contributed by atoms with Gasteiger partial charge in [0.15, 0.2) is 0 Å². The van der Waals surface area contributed by atoms with E-state index >= 15 is 0 Å². The number of aliphatic hydroxyl groups is 1. The molecule has 4 nitrogen and oxygen atoms in total. The van der Waals surface area contributed by atoms with E-state index in [4.69, 9.17) is 0 Å². The molecule has 1 unspecified atom stereocenters. The number of aryl methyl sites for hydroxylation is 2. The number of rotatable bonds is 3. The molecule has 0 aromatic heterocycles. The molecule has 3 N–H and O–H groups in total. The zero-order valence-corrected chi connectivity index (χ0v) is 12.5. The number of hydrogen-bond donors (Lipinski definition) is 3. The molecular formula is C17H20N2O2. The maximum atomic E-state index is 12.0. The van der Waals surface area contributed by atoms with Gasteiger partial charge in [-0.05, 0) is 55.7 Å². The Morgan fingerprint density at radius 1 is 1.10 bits per heavy atom. The molecule has 4 heteroatoms. The van der Waals surface area contributed by atoms with Crippen molar-refractivity contribution >= 4 is 17.4 Å². The van der Waals surface area contributed by atoms with Gasteiger partial charge in [0.25, 0.3) is 0 Å². The average Bonchev–Trinajstić information content (AvgIpc) is 2.43. The Bertz CT molecular complexity index is 651. The highest BCUT2D eigenvalue weighted by Gasteiger charge is 2.07. The highest BCUT2D eigenvalue weighted by Crippen LogP contribution is 2.19. The third kappa shape index (κ3) is 4.07. The molecule has 0 heterocycles. The smallest absolute Gasteiger partial charge is 0.323 e. The maximum Gasteiger partial charge on any atom is 0.323 e. The number of anilines is 2. The van der Waals surface area contributed by atoms with Crippen molar-refractivity contribution in [1.29, 1.82) is 0 Å². The quantitative estimate of drug-likeness (QED) is 0.797. The molecule has 0 bridgehead atoms. The predicted molar refractivity (Wildman–Crippen MR) is 85.6 cm³/mol. The van der Waals surface area contributed by atoms with Crippen molar-refractivity contribution in [1.82, 2.24) is 0 Å². The lowest BCUT2D eigenvalue weighted by atomic mass is 10.1. The van der Waals surface area contributed by atoms with Crippen LogP contribution in [0.25, 0.3) is 0 Å². The van der Waals surface area contributed by atoms with Crippen molar-refractivity contribution in [2.75, 3.05) is 10.6 Å². The summed E-state index contributed by atoms with van der Waals surface area (Å²) in [6.07, 6.45) is -0.561. The van der Waals surface area contributed by atoms with Crippen molar-refractivity contribution in [2.45, 2.75) is 26.9 Å². The first-order chi connectivity index (χ1) is 9.95. The number of amides is 2. The fourth-order valence-corrected chi connectivity index (χ4v) is 2.03. The Morgan fingerprint density at radius 2 is 1.86 bits per heavy atom. The van der Waals surface area contributed by atoms with E-state index in [1.807, 2.05) is 38.1 Å². The summed E-state index contributed by atoms with van der Waals surface area (Å²) in [7, 11) is 0. The van der Waals surface area contributed by atoms with Crippen LogP contribution in [0.15, 0.2) is 42.5 Å². The number of carbonyl (C=O) groups excluding carboxylic acids is 1. The van der Waals surface area contributed by atoms with Gasteiger partial charge in [-0.15, -0.1) is 0 Å². The normalized spacial score (nSPS) is 11.8. The van der Waals surface area contributed by atoms with Crippen molar-refractivity contribution in [3.8, 4) is 0 Å². The van der Waals surface area contributed by atoms with E-state index in [0.29, 0.717) is 5.69 Å². The van der Waals surface area contributed by atoms with Crippen molar-refractivity contribution in [2.24, 2.45) is 0 Å². The van der Waals surface area contributed by atoms with Crippen LogP contribution in [0.3, 0.4) is 0 Å². The van der Waals surface area contributed by atoms with E-state index in [0.717, 1.165) is 22.4 Å². The summed E-state index contributed by atoms with van der Waals surface area (Å²) in [6.45, 7) is 5.62. The number of urea groups is 1. The largest absolute Gasteiger partial charge is 0.389 e. The lowest BCUT2D eigenvalue weighted by Gasteiger charge is -2.12. The van der Waals surface area contributed by atoms with Gasteiger partial charge in [-0.1, -0.05) is 24.3 Å². The van der Waals surface area contributed by atoms with Gasteiger partial charge in [-0.2, -0.15) is 0 Å². The minimum Gasteiger partial charge on any atom is -0.389 e. The number of benzene rings is 2. The fourth-order valence-electron chi connectivity index (χ4n) is 2.03. The van der Waals surface area contributed by atoms with Crippen LogP contribution >= 0.6 is 0 Å². The third-order valence-electron chi connectivity index (χ3n) is 3.27. The second-order valence-electron chi connectivity index (χ2n) is 5.20. The molecule has 1 atom stereocenters. The molecule has 0 radical (unpaired) electrons. The van der Waals surface area contributed by atoms with E-state index < -0.39 is 6.10 Å². The third-order valence-corrected chi connectivity index (χ3v) is 3.27. The molecule has 0 aliphatic carbocycles. The van der Waals surface area contributed by atoms with Crippen LogP contribution in [0.2, 0.25) is 0 Å². The predicted octanol–water partition coefficient (Wildman–Crippen LogP) is 4.00. The summed E-state index contributed by atoms with van der Waals surface area (Å²) in [4.78, 5) is 12.0. The van der Waals surface area contributed by atoms with Crippen LogP contribution < -0.4 is 10.6 Å². The fraction of sp³-hybridized carbons (Fsp3) is 0.235. The van der Waals surface area contributed by atoms with Crippen molar-refractivity contribution in [3.05, 3.63) is 59.2 Å². The molecule has 2 rings (SSSR count). The molecule has 0 saturated carbocycles. The van der Waals surface area contributed by atoms with Crippen LogP contribution in [-0.4, -0.2) is 11.1 Å². The van der Waals surface area contributed by atoms with E-state index in [2.05, 4.69) is 10.6 Å². The minimum atomic E-state index is -0.561. The average molecular weight is 284 g/mol. The van der Waals surface area contributed by atoms with Gasteiger partial charge >= 0.3 is 6.03 Å². The molecule has 2 amide bonds. The first kappa shape index (κ1) is 15.1. The lowest BCUT2D eigenvalue weighted by molar-refractivity contribution is 0.199. The summed E-state index contributed by atoms with van der Waals surface area (Å²) in [6, 6.07) is 12.8. The van der Waals surface area contributed by atoms with Gasteiger partial charge in [0.2, 0.25) is 0 Å². The van der Waals surface area contributed by atoms with E-state index in [1.165, 1.54) is 0 Å². The monoisotopic (exact) mass is 284 g/mol. The molecular weight excluding hydrogens is 264 g/mol. The number of carbonyl (C=O) groups is 1. The summed E-state index contributed by atoms with van der Waals surface area (Å²) >= 11 is 0. The highest BCUT2D eigenvalue weighted by molar-refractivity contribution is 6.00. The highest BCUT2D eigenvalue weighted by atomic mass is 16.3. The zero-order chi connectivity index (χ0) is 15.4. The summed E-state index contributed by atoms with van der Waals surface area (Å²) < 4.78 is 0. The molecule has 110 valence electrons. The van der Waals surface area contributed by atoms with Gasteiger partial charge in [0, 0.05) is 11.4 Å². The molecule has 0 spiro atoms. The number of hydrogen-bond acceptors (Lipinski definition) is 2. The standard InChI is InChI=1S/C17H20N2O2/c1-11-7-8-12(2)16(9-11)19-17(21)18-15-6-4-5-14(10-15)13(3)20/h4-10,13,20H,1-3H3,(H2,18,19,21). The van der Waals surface area contributed by atoms with Crippen LogP contribution in [0.1, 0.15) is 29.7 Å². The van der Waals surface area contributed by atoms with E-state index in [9.17, 15) is 9.90 Å². The van der Waals surface area contributed by atoms with Crippen LogP contribution in [-0.2, 0) is 0 Å². The Labute approximate surface area is 124 Å². The Morgan fingerprint density at radius 3 is 2.57 bits per heavy atom. The van der Waals surface area contributed by atoms with Gasteiger partial charge in [0.1, 0.15) is 0 Å². The Balaban J connectivity index is 2.08. The maximum absolute atomic E-state index is 12.0. The Kier molecular flexibility index (Phi) is 4.60. The summed E-state index contributed by atoms with van der Waals surface area (Å²) in [5.41, 5.74) is 4.30. The number of aliphatic hydroxyl groups excluding tert-OH is 1. The molecule has 0 saturated heterocycles. The van der Waals surface area contributed by atoms with Crippen molar-refractivity contribution < 1.29 is 9.90 Å². The molecule has 0 fully saturated rings. The molecule has 21 heavy (non-hydrogen) atoms. The first-order valence-corrected chi connectivity index (χ1v) is 6.89. The number of nitrogens with one attached hydrogen (secondary N) is 2. The van der Waals surface area contributed by atoms with Crippen LogP contribution in [0, 0.1) is 13.8 Å². The second-order valence-corrected chi connectivity index (χ2v) is 5.20. The van der Waals surface area contributed by atoms with Crippen LogP contribution in [0.4, 0.5) is 16.2 Å². The van der Waals surface area contributed by atoms with Crippen LogP contribution in [0.5, 0.6) is 0 Å². The zero-order valence-electron chi connectivity index (χ0n) is 12.5. The molecule has 2 aromatic carbocycles. The van der Waals surface area contributed by atoms with E-state index in [-0.39, 0.29) is 6.03 Å². The van der Waals surface area contributed by atoms with Crippen molar-refractivity contribution in [3.63, 3.8) is 0 Å². The van der Waals surface area contributed by atoms with Gasteiger partial charge in [-0.3, -0.25) is 0 Å². The molecule has 2 aromatic rings. The topological polar surface area (TPSA) is 61.4 Å². The SMILES string of the molecule is Cc1ccc(C)c(NC(=O)Nc2cccc(C(C)O)c2)c1. The van der Waals surface area contributed by atoms with Gasteiger partial charge in [0.05, 0.1) is 6.10 Å². The molecule has 0 aliphatic rings. The van der Waals surface area contributed by atoms with E-state index in [1.54, 1.807) is 25.1 Å².